The van der Waals surface area contributed by atoms with Crippen LogP contribution in [0.25, 0.3) is 0 Å². The van der Waals surface area contributed by atoms with E-state index in [0.717, 1.165) is 0 Å². The highest BCUT2D eigenvalue weighted by Crippen LogP contribution is 2.11. The fraction of sp³-hybridized carbons (Fsp3) is 0.444. The zero-order valence-corrected chi connectivity index (χ0v) is 9.58. The van der Waals surface area contributed by atoms with Crippen molar-refractivity contribution in [2.24, 2.45) is 7.05 Å². The molecule has 8 nitrogen and oxygen atoms in total. The number of tetrazole rings is 1. The summed E-state index contributed by atoms with van der Waals surface area (Å²) in [7, 11) is 1.71. The molecular weight excluding hydrogens is 222 g/mol. The number of aryl methyl sites for hydroxylation is 1. The van der Waals surface area contributed by atoms with Gasteiger partial charge in [-0.15, -0.1) is 10.2 Å². The van der Waals surface area contributed by atoms with Crippen LogP contribution < -0.4 is 5.32 Å². The lowest BCUT2D eigenvalue weighted by Crippen LogP contribution is -2.30. The maximum absolute atomic E-state index is 11.9. The first-order valence-corrected chi connectivity index (χ1v) is 5.24. The van der Waals surface area contributed by atoms with Crippen molar-refractivity contribution in [2.45, 2.75) is 19.4 Å². The normalized spacial score (nSPS) is 12.4. The highest BCUT2D eigenvalue weighted by atomic mass is 16.2. The molecule has 2 heterocycles. The first-order valence-electron chi connectivity index (χ1n) is 5.24. The number of carbonyl (C=O) groups excluding carboxylic acids is 1. The number of carbonyl (C=O) groups is 1. The number of hydrogen-bond donors (Lipinski definition) is 2. The van der Waals surface area contributed by atoms with Gasteiger partial charge in [0.2, 0.25) is 0 Å². The molecule has 0 aliphatic heterocycles. The van der Waals surface area contributed by atoms with E-state index >= 15 is 0 Å². The quantitative estimate of drug-likeness (QED) is 0.765. The third-order valence-electron chi connectivity index (χ3n) is 2.44. The van der Waals surface area contributed by atoms with E-state index in [4.69, 9.17) is 0 Å². The van der Waals surface area contributed by atoms with Crippen LogP contribution in [-0.4, -0.2) is 36.3 Å². The van der Waals surface area contributed by atoms with E-state index in [9.17, 15) is 4.79 Å². The van der Waals surface area contributed by atoms with Gasteiger partial charge in [0.15, 0.2) is 5.82 Å². The van der Waals surface area contributed by atoms with Gasteiger partial charge in [-0.1, -0.05) is 12.1 Å². The van der Waals surface area contributed by atoms with Gasteiger partial charge in [0.25, 0.3) is 5.91 Å². The molecule has 2 rings (SSSR count). The Morgan fingerprint density at radius 1 is 1.65 bits per heavy atom. The van der Waals surface area contributed by atoms with Crippen LogP contribution in [0.2, 0.25) is 0 Å². The van der Waals surface area contributed by atoms with Crippen molar-refractivity contribution >= 4 is 5.91 Å². The number of nitrogens with zero attached hydrogens (tertiary/aromatic N) is 5. The van der Waals surface area contributed by atoms with Crippen LogP contribution in [0.3, 0.4) is 0 Å². The zero-order valence-electron chi connectivity index (χ0n) is 9.58. The fourth-order valence-electron chi connectivity index (χ4n) is 1.50. The van der Waals surface area contributed by atoms with Gasteiger partial charge in [-0.2, -0.15) is 10.3 Å². The van der Waals surface area contributed by atoms with Crippen LogP contribution in [0.1, 0.15) is 35.7 Å². The highest BCUT2D eigenvalue weighted by molar-refractivity contribution is 5.92. The molecule has 0 radical (unpaired) electrons. The van der Waals surface area contributed by atoms with Gasteiger partial charge in [-0.05, 0) is 12.5 Å². The van der Waals surface area contributed by atoms with E-state index in [1.165, 1.54) is 4.68 Å². The van der Waals surface area contributed by atoms with Crippen LogP contribution >= 0.6 is 0 Å². The number of rotatable bonds is 4. The van der Waals surface area contributed by atoms with E-state index in [0.29, 0.717) is 17.9 Å². The molecular formula is C9H13N7O. The largest absolute Gasteiger partial charge is 0.341 e. The van der Waals surface area contributed by atoms with Crippen molar-refractivity contribution in [1.82, 2.24) is 35.7 Å². The Labute approximate surface area is 97.4 Å². The first kappa shape index (κ1) is 11.2. The molecule has 0 aliphatic rings. The number of nitrogens with one attached hydrogen (secondary N) is 2. The van der Waals surface area contributed by atoms with Gasteiger partial charge >= 0.3 is 0 Å². The van der Waals surface area contributed by atoms with E-state index in [1.54, 1.807) is 19.3 Å². The van der Waals surface area contributed by atoms with Gasteiger partial charge in [0, 0.05) is 13.2 Å². The molecule has 0 fully saturated rings. The molecule has 0 unspecified atom stereocenters. The Bertz CT molecular complexity index is 489. The van der Waals surface area contributed by atoms with Gasteiger partial charge < -0.3 is 5.32 Å². The summed E-state index contributed by atoms with van der Waals surface area (Å²) in [6, 6.07) is 1.40. The Hall–Kier alpha value is -2.25. The molecule has 90 valence electrons. The van der Waals surface area contributed by atoms with Gasteiger partial charge in [0.1, 0.15) is 5.69 Å². The minimum Gasteiger partial charge on any atom is -0.341 e. The summed E-state index contributed by atoms with van der Waals surface area (Å²) in [5, 5.41) is 20.3. The topological polar surface area (TPSA) is 101 Å². The number of amides is 1. The molecule has 8 heteroatoms. The van der Waals surface area contributed by atoms with Gasteiger partial charge in [-0.3, -0.25) is 9.48 Å². The van der Waals surface area contributed by atoms with E-state index in [-0.39, 0.29) is 11.9 Å². The van der Waals surface area contributed by atoms with E-state index < -0.39 is 0 Å². The number of hydrogen-bond acceptors (Lipinski definition) is 5. The third kappa shape index (κ3) is 2.30. The Balaban J connectivity index is 2.10. The minimum absolute atomic E-state index is 0.207. The predicted octanol–water partition coefficient (Wildman–Crippen LogP) is -0.186. The van der Waals surface area contributed by atoms with Crippen molar-refractivity contribution in [3.05, 3.63) is 23.8 Å². The lowest BCUT2D eigenvalue weighted by atomic mass is 10.2. The summed E-state index contributed by atoms with van der Waals surface area (Å²) < 4.78 is 1.51. The summed E-state index contributed by atoms with van der Waals surface area (Å²) >= 11 is 0. The van der Waals surface area contributed by atoms with Crippen LogP contribution in [0, 0.1) is 0 Å². The minimum atomic E-state index is -0.254. The zero-order chi connectivity index (χ0) is 12.3. The average Bonchev–Trinajstić information content (AvgIpc) is 2.96. The molecule has 0 saturated heterocycles. The molecule has 0 bridgehead atoms. The second kappa shape index (κ2) is 4.73. The standard InChI is InChI=1S/C9H13N7O/c1-3-6(8-12-14-15-13-8)11-9(17)7-4-5-10-16(7)2/h4-6H,3H2,1-2H3,(H,11,17)(H,12,13,14,15)/t6-/m1/s1. The summed E-state index contributed by atoms with van der Waals surface area (Å²) in [6.45, 7) is 1.94. The molecule has 2 aromatic rings. The lowest BCUT2D eigenvalue weighted by molar-refractivity contribution is 0.0924. The molecule has 0 saturated carbocycles. The van der Waals surface area contributed by atoms with E-state index in [1.807, 2.05) is 6.92 Å². The Morgan fingerprint density at radius 3 is 3.00 bits per heavy atom. The summed E-state index contributed by atoms with van der Waals surface area (Å²) in [4.78, 5) is 11.9. The molecule has 1 atom stereocenters. The van der Waals surface area contributed by atoms with Crippen molar-refractivity contribution in [3.63, 3.8) is 0 Å². The maximum Gasteiger partial charge on any atom is 0.270 e. The van der Waals surface area contributed by atoms with Crippen LogP contribution in [0.5, 0.6) is 0 Å². The third-order valence-corrected chi connectivity index (χ3v) is 2.44. The first-order chi connectivity index (χ1) is 8.22. The lowest BCUT2D eigenvalue weighted by Gasteiger charge is -2.12. The van der Waals surface area contributed by atoms with E-state index in [2.05, 4.69) is 31.0 Å². The fourth-order valence-corrected chi connectivity index (χ4v) is 1.50. The van der Waals surface area contributed by atoms with Crippen LogP contribution in [-0.2, 0) is 7.05 Å². The number of aromatic amines is 1. The number of aromatic nitrogens is 6. The summed E-state index contributed by atoms with van der Waals surface area (Å²) in [5.74, 6) is 0.268. The molecule has 17 heavy (non-hydrogen) atoms. The second-order valence-corrected chi connectivity index (χ2v) is 3.54. The molecule has 2 aromatic heterocycles. The van der Waals surface area contributed by atoms with Crippen molar-refractivity contribution < 1.29 is 4.79 Å². The summed E-state index contributed by atoms with van der Waals surface area (Å²) in [6.07, 6.45) is 2.26. The molecule has 0 aromatic carbocycles. The van der Waals surface area contributed by atoms with Crippen molar-refractivity contribution in [3.8, 4) is 0 Å². The Morgan fingerprint density at radius 2 is 2.47 bits per heavy atom. The SMILES string of the molecule is CC[C@@H](NC(=O)c1ccnn1C)c1nn[nH]n1. The smallest absolute Gasteiger partial charge is 0.270 e. The molecule has 0 aliphatic carbocycles. The molecule has 2 N–H and O–H groups in total. The molecule has 0 spiro atoms. The monoisotopic (exact) mass is 235 g/mol. The van der Waals surface area contributed by atoms with Gasteiger partial charge in [-0.25, -0.2) is 0 Å². The van der Waals surface area contributed by atoms with Crippen LogP contribution in [0.15, 0.2) is 12.3 Å². The summed E-state index contributed by atoms with van der Waals surface area (Å²) in [5.41, 5.74) is 0.493. The molecule has 1 amide bonds. The number of H-pyrrole nitrogens is 1. The van der Waals surface area contributed by atoms with Gasteiger partial charge in [0.05, 0.1) is 6.04 Å². The Kier molecular flexibility index (Phi) is 3.12. The average molecular weight is 235 g/mol. The second-order valence-electron chi connectivity index (χ2n) is 3.54. The maximum atomic E-state index is 11.9. The predicted molar refractivity (Wildman–Crippen MR) is 57.9 cm³/mol. The van der Waals surface area contributed by atoms with Crippen molar-refractivity contribution in [2.75, 3.05) is 0 Å². The highest BCUT2D eigenvalue weighted by Gasteiger charge is 2.19. The van der Waals surface area contributed by atoms with Crippen molar-refractivity contribution in [1.29, 1.82) is 0 Å². The van der Waals surface area contributed by atoms with Crippen LogP contribution in [0.4, 0.5) is 0 Å².